The number of carbonyl (C=O) groups is 1. The van der Waals surface area contributed by atoms with Crippen LogP contribution in [-0.4, -0.2) is 12.1 Å². The average molecular weight is 308 g/mol. The lowest BCUT2D eigenvalue weighted by atomic mass is 10.1. The summed E-state index contributed by atoms with van der Waals surface area (Å²) in [5, 5.41) is 0. The van der Waals surface area contributed by atoms with Crippen LogP contribution in [0.5, 0.6) is 0 Å². The number of ether oxygens (including phenoxy) is 1. The van der Waals surface area contributed by atoms with Crippen molar-refractivity contribution in [1.82, 2.24) is 0 Å². The maximum atomic E-state index is 12.4. The highest BCUT2D eigenvalue weighted by Gasteiger charge is 2.62. The maximum absolute atomic E-state index is 12.4. The predicted octanol–water partition coefficient (Wildman–Crippen LogP) is 4.80. The van der Waals surface area contributed by atoms with Gasteiger partial charge in [-0.15, -0.1) is 6.58 Å². The van der Waals surface area contributed by atoms with E-state index in [0.717, 1.165) is 22.8 Å². The molecule has 1 saturated carbocycles. The van der Waals surface area contributed by atoms with Crippen LogP contribution in [0.4, 0.5) is 8.78 Å². The third-order valence-corrected chi connectivity index (χ3v) is 4.89. The SMILES string of the molecule is C=CCC1=C(C)[C@@H](OC(=O)[C@@H]2[C@@H](C=C(F)F)C2(C)C)CC1=C. The molecule has 0 radical (unpaired) electrons. The molecule has 0 spiro atoms. The lowest BCUT2D eigenvalue weighted by molar-refractivity contribution is -0.149. The molecule has 0 aliphatic heterocycles. The van der Waals surface area contributed by atoms with Gasteiger partial charge in [0.2, 0.25) is 0 Å². The maximum Gasteiger partial charge on any atom is 0.310 e. The van der Waals surface area contributed by atoms with Gasteiger partial charge in [-0.25, -0.2) is 0 Å². The van der Waals surface area contributed by atoms with E-state index in [2.05, 4.69) is 13.2 Å². The molecule has 0 amide bonds. The minimum atomic E-state index is -1.74. The van der Waals surface area contributed by atoms with E-state index in [4.69, 9.17) is 4.74 Å². The zero-order chi connectivity index (χ0) is 16.7. The van der Waals surface area contributed by atoms with Crippen LogP contribution in [-0.2, 0) is 9.53 Å². The van der Waals surface area contributed by atoms with Crippen LogP contribution in [0.25, 0.3) is 0 Å². The van der Waals surface area contributed by atoms with Crippen molar-refractivity contribution in [2.75, 3.05) is 0 Å². The Bertz CT molecular complexity index is 580. The highest BCUT2D eigenvalue weighted by Crippen LogP contribution is 2.60. The standard InChI is InChI=1S/C18H22F2O2/c1-6-7-12-10(2)8-14(11(12)3)22-17(21)16-13(9-15(19)20)18(16,4)5/h6,9,13-14,16H,1-2,7-8H2,3-5H3/t13-,14+,16+/m1/s1. The minimum absolute atomic E-state index is 0.328. The monoisotopic (exact) mass is 308 g/mol. The van der Waals surface area contributed by atoms with Crippen LogP contribution in [0, 0.1) is 17.3 Å². The Morgan fingerprint density at radius 2 is 2.09 bits per heavy atom. The Hall–Kier alpha value is -1.71. The van der Waals surface area contributed by atoms with Gasteiger partial charge < -0.3 is 4.74 Å². The summed E-state index contributed by atoms with van der Waals surface area (Å²) in [6.07, 6.45) is 1.87. The van der Waals surface area contributed by atoms with E-state index >= 15 is 0 Å². The lowest BCUT2D eigenvalue weighted by Gasteiger charge is -2.14. The van der Waals surface area contributed by atoms with Crippen LogP contribution in [0.2, 0.25) is 0 Å². The smallest absolute Gasteiger partial charge is 0.310 e. The Labute approximate surface area is 130 Å². The number of halogens is 2. The first-order valence-electron chi connectivity index (χ1n) is 7.42. The number of hydrogen-bond donors (Lipinski definition) is 0. The molecule has 0 bridgehead atoms. The Morgan fingerprint density at radius 3 is 2.64 bits per heavy atom. The summed E-state index contributed by atoms with van der Waals surface area (Å²) in [6, 6.07) is 0. The highest BCUT2D eigenvalue weighted by atomic mass is 19.3. The Morgan fingerprint density at radius 1 is 1.45 bits per heavy atom. The van der Waals surface area contributed by atoms with Gasteiger partial charge in [0.05, 0.1) is 5.92 Å². The molecule has 120 valence electrons. The average Bonchev–Trinajstić information content (AvgIpc) is 2.83. The summed E-state index contributed by atoms with van der Waals surface area (Å²) in [5.74, 6) is -1.35. The fourth-order valence-corrected chi connectivity index (χ4v) is 3.34. The predicted molar refractivity (Wildman–Crippen MR) is 82.2 cm³/mol. The first-order chi connectivity index (χ1) is 10.2. The molecular weight excluding hydrogens is 286 g/mol. The zero-order valence-electron chi connectivity index (χ0n) is 13.3. The van der Waals surface area contributed by atoms with Gasteiger partial charge in [0.15, 0.2) is 0 Å². The van der Waals surface area contributed by atoms with Crippen molar-refractivity contribution in [2.24, 2.45) is 17.3 Å². The lowest BCUT2D eigenvalue weighted by Crippen LogP contribution is -2.20. The number of carbonyl (C=O) groups excluding carboxylic acids is 1. The fraction of sp³-hybridized carbons (Fsp3) is 0.500. The van der Waals surface area contributed by atoms with Crippen molar-refractivity contribution in [2.45, 2.75) is 39.7 Å². The molecule has 0 unspecified atom stereocenters. The summed E-state index contributed by atoms with van der Waals surface area (Å²) in [4.78, 5) is 12.3. The molecule has 4 heteroatoms. The van der Waals surface area contributed by atoms with E-state index < -0.39 is 29.3 Å². The van der Waals surface area contributed by atoms with Crippen molar-refractivity contribution in [3.63, 3.8) is 0 Å². The molecule has 2 aliphatic rings. The Kier molecular flexibility index (Phi) is 4.41. The molecule has 2 nitrogen and oxygen atoms in total. The van der Waals surface area contributed by atoms with E-state index in [0.29, 0.717) is 12.8 Å². The van der Waals surface area contributed by atoms with Gasteiger partial charge in [-0.3, -0.25) is 4.79 Å². The second-order valence-electron chi connectivity index (χ2n) is 6.67. The summed E-state index contributed by atoms with van der Waals surface area (Å²) in [6.45, 7) is 13.3. The second kappa shape index (κ2) is 5.82. The normalized spacial score (nSPS) is 29.3. The van der Waals surface area contributed by atoms with Crippen LogP contribution < -0.4 is 0 Å². The quantitative estimate of drug-likeness (QED) is 0.538. The van der Waals surface area contributed by atoms with Crippen LogP contribution in [0.1, 0.15) is 33.6 Å². The van der Waals surface area contributed by atoms with Crippen molar-refractivity contribution >= 4 is 5.97 Å². The topological polar surface area (TPSA) is 26.3 Å². The molecular formula is C18H22F2O2. The second-order valence-corrected chi connectivity index (χ2v) is 6.67. The van der Waals surface area contributed by atoms with Gasteiger partial charge in [0.25, 0.3) is 6.08 Å². The van der Waals surface area contributed by atoms with Crippen LogP contribution >= 0.6 is 0 Å². The van der Waals surface area contributed by atoms with E-state index in [-0.39, 0.29) is 6.10 Å². The van der Waals surface area contributed by atoms with Gasteiger partial charge in [0, 0.05) is 12.3 Å². The molecule has 2 rings (SSSR count). The molecule has 0 aromatic rings. The van der Waals surface area contributed by atoms with Crippen molar-refractivity contribution < 1.29 is 18.3 Å². The van der Waals surface area contributed by atoms with Crippen LogP contribution in [0.3, 0.4) is 0 Å². The molecule has 0 aromatic carbocycles. The molecule has 22 heavy (non-hydrogen) atoms. The summed E-state index contributed by atoms with van der Waals surface area (Å²) in [5.41, 5.74) is 2.55. The molecule has 0 N–H and O–H groups in total. The van der Waals surface area contributed by atoms with Crippen molar-refractivity contribution in [3.05, 3.63) is 48.1 Å². The summed E-state index contributed by atoms with van der Waals surface area (Å²) in [7, 11) is 0. The van der Waals surface area contributed by atoms with Gasteiger partial charge in [0.1, 0.15) is 6.10 Å². The molecule has 3 atom stereocenters. The number of rotatable bonds is 5. The molecule has 0 saturated heterocycles. The van der Waals surface area contributed by atoms with E-state index in [1.165, 1.54) is 0 Å². The summed E-state index contributed by atoms with van der Waals surface area (Å²) >= 11 is 0. The number of esters is 1. The zero-order valence-corrected chi connectivity index (χ0v) is 13.3. The minimum Gasteiger partial charge on any atom is -0.457 e. The van der Waals surface area contributed by atoms with E-state index in [1.54, 1.807) is 6.08 Å². The molecule has 2 aliphatic carbocycles. The third kappa shape index (κ3) is 2.92. The molecule has 1 fully saturated rings. The van der Waals surface area contributed by atoms with Crippen LogP contribution in [0.15, 0.2) is 48.1 Å². The largest absolute Gasteiger partial charge is 0.457 e. The number of allylic oxidation sites excluding steroid dienone is 3. The van der Waals surface area contributed by atoms with E-state index in [9.17, 15) is 13.6 Å². The summed E-state index contributed by atoms with van der Waals surface area (Å²) < 4.78 is 30.5. The third-order valence-electron chi connectivity index (χ3n) is 4.89. The van der Waals surface area contributed by atoms with Crippen molar-refractivity contribution in [1.29, 1.82) is 0 Å². The number of hydrogen-bond acceptors (Lipinski definition) is 2. The molecule has 0 aromatic heterocycles. The van der Waals surface area contributed by atoms with Gasteiger partial charge in [-0.05, 0) is 41.6 Å². The first kappa shape index (κ1) is 16.7. The van der Waals surface area contributed by atoms with Gasteiger partial charge in [-0.2, -0.15) is 8.78 Å². The van der Waals surface area contributed by atoms with Gasteiger partial charge >= 0.3 is 5.97 Å². The highest BCUT2D eigenvalue weighted by molar-refractivity contribution is 5.79. The van der Waals surface area contributed by atoms with Crippen molar-refractivity contribution in [3.8, 4) is 0 Å². The van der Waals surface area contributed by atoms with Gasteiger partial charge in [-0.1, -0.05) is 26.5 Å². The fourth-order valence-electron chi connectivity index (χ4n) is 3.34. The first-order valence-corrected chi connectivity index (χ1v) is 7.42. The Balaban J connectivity index is 2.07. The van der Waals surface area contributed by atoms with E-state index in [1.807, 2.05) is 20.8 Å². The molecule has 0 heterocycles.